The molecule has 0 fully saturated rings. The number of hydrogen-bond acceptors (Lipinski definition) is 6. The molecule has 0 bridgehead atoms. The molecule has 30 heavy (non-hydrogen) atoms. The summed E-state index contributed by atoms with van der Waals surface area (Å²) in [5.41, 5.74) is 5.74. The van der Waals surface area contributed by atoms with Crippen LogP contribution in [0.15, 0.2) is 66.7 Å². The summed E-state index contributed by atoms with van der Waals surface area (Å²) < 4.78 is 34.0. The van der Waals surface area contributed by atoms with E-state index in [-0.39, 0.29) is 5.48 Å². The zero-order chi connectivity index (χ0) is 20.4. The molecule has 0 saturated heterocycles. The molecular formula is C19H16ClN5O5. The van der Waals surface area contributed by atoms with Crippen LogP contribution in [0.3, 0.4) is 0 Å². The molecule has 5 N–H and O–H groups in total. The fourth-order valence-electron chi connectivity index (χ4n) is 2.91. The van der Waals surface area contributed by atoms with Crippen LogP contribution in [0.2, 0.25) is 0 Å². The maximum Gasteiger partial charge on any atom is 0.304 e. The van der Waals surface area contributed by atoms with Crippen LogP contribution < -0.4 is 23.6 Å². The van der Waals surface area contributed by atoms with Crippen molar-refractivity contribution in [3.8, 4) is 23.0 Å². The summed E-state index contributed by atoms with van der Waals surface area (Å²) in [5.74, 6) is 1.66. The van der Waals surface area contributed by atoms with Crippen LogP contribution in [0.1, 0.15) is 0 Å². The van der Waals surface area contributed by atoms with Crippen LogP contribution >= 0.6 is 0 Å². The number of aromatic amines is 3. The van der Waals surface area contributed by atoms with Crippen LogP contribution in [0.25, 0.3) is 45.1 Å². The van der Waals surface area contributed by atoms with Crippen LogP contribution in [-0.4, -0.2) is 25.4 Å². The molecule has 0 radical (unpaired) electrons. The predicted molar refractivity (Wildman–Crippen MR) is 96.8 cm³/mol. The number of benzene rings is 2. The summed E-state index contributed by atoms with van der Waals surface area (Å²) >= 11 is 0. The van der Waals surface area contributed by atoms with E-state index in [1.165, 1.54) is 0 Å². The molecule has 0 atom stereocenters. The average molecular weight is 430 g/mol. The molecule has 3 aromatic heterocycles. The Morgan fingerprint density at radius 1 is 0.700 bits per heavy atom. The third-order valence-electron chi connectivity index (χ3n) is 4.08. The van der Waals surface area contributed by atoms with Gasteiger partial charge in [0.25, 0.3) is 0 Å². The molecule has 0 amide bonds. The number of fused-ring (bicyclic) bond motifs is 2. The number of imidazole rings is 2. The van der Waals surface area contributed by atoms with Gasteiger partial charge in [-0.2, -0.15) is 0 Å². The number of rotatable bonds is 2. The van der Waals surface area contributed by atoms with Gasteiger partial charge in [-0.05, 0) is 36.4 Å². The Labute approximate surface area is 171 Å². The summed E-state index contributed by atoms with van der Waals surface area (Å²) in [5, 5.41) is 0. The SMILES string of the molecule is O.[O-][Cl+3]([O-])([O-])[O-].c1cc(-c2nc3ccccc3[nH]2)nc(-c2[nH]c3ccccc3[nH+]2)c1. The average Bonchev–Trinajstić information content (AvgIpc) is 3.31. The van der Waals surface area contributed by atoms with Gasteiger partial charge >= 0.3 is 5.82 Å². The minimum Gasteiger partial charge on any atom is -0.412 e. The molecular weight excluding hydrogens is 414 g/mol. The summed E-state index contributed by atoms with van der Waals surface area (Å²) in [6.45, 7) is 0. The second kappa shape index (κ2) is 8.55. The highest BCUT2D eigenvalue weighted by atomic mass is 35.7. The van der Waals surface area contributed by atoms with Crippen molar-refractivity contribution < 1.29 is 39.3 Å². The van der Waals surface area contributed by atoms with E-state index in [1.54, 1.807) is 0 Å². The quantitative estimate of drug-likeness (QED) is 0.325. The van der Waals surface area contributed by atoms with E-state index in [2.05, 4.69) is 19.9 Å². The van der Waals surface area contributed by atoms with Gasteiger partial charge < -0.3 is 10.5 Å². The molecule has 3 heterocycles. The highest BCUT2D eigenvalue weighted by Crippen LogP contribution is 2.21. The first-order valence-electron chi connectivity index (χ1n) is 8.41. The van der Waals surface area contributed by atoms with Crippen molar-refractivity contribution in [2.24, 2.45) is 0 Å². The first kappa shape index (κ1) is 21.3. The summed E-state index contributed by atoms with van der Waals surface area (Å²) in [6, 6.07) is 22.0. The van der Waals surface area contributed by atoms with Crippen molar-refractivity contribution in [2.45, 2.75) is 0 Å². The fourth-order valence-corrected chi connectivity index (χ4v) is 2.91. The Morgan fingerprint density at radius 3 is 2.03 bits per heavy atom. The lowest BCUT2D eigenvalue weighted by atomic mass is 10.3. The first-order valence-corrected chi connectivity index (χ1v) is 9.64. The van der Waals surface area contributed by atoms with E-state index in [0.717, 1.165) is 45.1 Å². The molecule has 10 nitrogen and oxygen atoms in total. The van der Waals surface area contributed by atoms with Crippen molar-refractivity contribution in [3.05, 3.63) is 66.7 Å². The van der Waals surface area contributed by atoms with Crippen LogP contribution in [0.5, 0.6) is 0 Å². The number of H-pyrrole nitrogens is 3. The second-order valence-electron chi connectivity index (χ2n) is 6.06. The number of aromatic nitrogens is 5. The van der Waals surface area contributed by atoms with Crippen molar-refractivity contribution in [2.75, 3.05) is 0 Å². The number of nitrogens with one attached hydrogen (secondary N) is 3. The number of halogens is 1. The van der Waals surface area contributed by atoms with E-state index < -0.39 is 10.2 Å². The Bertz CT molecular complexity index is 1120. The lowest BCUT2D eigenvalue weighted by molar-refractivity contribution is -2.00. The van der Waals surface area contributed by atoms with Crippen molar-refractivity contribution in [1.82, 2.24) is 19.9 Å². The molecule has 5 rings (SSSR count). The topological polar surface area (TPSA) is 195 Å². The number of nitrogens with zero attached hydrogens (tertiary/aromatic N) is 2. The van der Waals surface area contributed by atoms with Crippen molar-refractivity contribution >= 4 is 22.1 Å². The normalized spacial score (nSPS) is 11.1. The highest BCUT2D eigenvalue weighted by molar-refractivity contribution is 5.79. The Kier molecular flexibility index (Phi) is 6.08. The largest absolute Gasteiger partial charge is 0.412 e. The molecule has 0 aliphatic heterocycles. The zero-order valence-electron chi connectivity index (χ0n) is 15.3. The molecule has 0 aliphatic carbocycles. The van der Waals surface area contributed by atoms with Gasteiger partial charge in [0.05, 0.1) is 11.0 Å². The first-order chi connectivity index (χ1) is 13.9. The van der Waals surface area contributed by atoms with Crippen molar-refractivity contribution in [3.63, 3.8) is 0 Å². The smallest absolute Gasteiger partial charge is 0.304 e. The lowest BCUT2D eigenvalue weighted by Crippen LogP contribution is -2.68. The molecule has 0 unspecified atom stereocenters. The Morgan fingerprint density at radius 2 is 1.33 bits per heavy atom. The lowest BCUT2D eigenvalue weighted by Gasteiger charge is -2.17. The van der Waals surface area contributed by atoms with Gasteiger partial charge in [-0.1, -0.05) is 30.3 Å². The third-order valence-corrected chi connectivity index (χ3v) is 4.08. The molecule has 2 aromatic carbocycles. The zero-order valence-corrected chi connectivity index (χ0v) is 16.0. The summed E-state index contributed by atoms with van der Waals surface area (Å²) in [4.78, 5) is 19.4. The van der Waals surface area contributed by atoms with Gasteiger partial charge in [0.2, 0.25) is 0 Å². The van der Waals surface area contributed by atoms with Crippen LogP contribution in [0, 0.1) is 10.2 Å². The molecule has 0 saturated carbocycles. The Balaban J connectivity index is 0.000000386. The summed E-state index contributed by atoms with van der Waals surface area (Å²) in [6.07, 6.45) is 0. The number of pyridine rings is 1. The van der Waals surface area contributed by atoms with Gasteiger partial charge in [-0.25, -0.2) is 38.6 Å². The maximum atomic E-state index is 8.49. The second-order valence-corrected chi connectivity index (χ2v) is 6.82. The molecule has 11 heteroatoms. The fraction of sp³-hybridized carbons (Fsp3) is 0. The molecule has 0 spiro atoms. The van der Waals surface area contributed by atoms with E-state index in [4.69, 9.17) is 23.6 Å². The number of hydrogen-bond donors (Lipinski definition) is 2. The van der Waals surface area contributed by atoms with Gasteiger partial charge in [-0.15, -0.1) is 10.2 Å². The molecule has 0 aliphatic rings. The number of para-hydroxylation sites is 4. The van der Waals surface area contributed by atoms with Crippen molar-refractivity contribution in [1.29, 1.82) is 0 Å². The Hall–Kier alpha value is -3.38. The minimum absolute atomic E-state index is 0. The van der Waals surface area contributed by atoms with E-state index >= 15 is 0 Å². The van der Waals surface area contributed by atoms with Gasteiger partial charge in [0.15, 0.2) is 22.6 Å². The van der Waals surface area contributed by atoms with Gasteiger partial charge in [-0.3, -0.25) is 0 Å². The van der Waals surface area contributed by atoms with Crippen LogP contribution in [0.4, 0.5) is 0 Å². The van der Waals surface area contributed by atoms with Gasteiger partial charge in [0.1, 0.15) is 5.69 Å². The van der Waals surface area contributed by atoms with E-state index in [1.807, 2.05) is 66.7 Å². The standard InChI is InChI=1S/C19H13N5.ClHO4.H2O/c1-2-7-13-12(6-1)21-18(22-13)16-10-5-11-17(20-16)19-23-14-8-3-4-9-15(14)24-19;2-1(3,4)5;/h1-11H,(H,21,22)(H,23,24);(H,2,3,4,5);1H2. The summed E-state index contributed by atoms with van der Waals surface area (Å²) in [7, 11) is -4.94. The maximum absolute atomic E-state index is 8.49. The van der Waals surface area contributed by atoms with Crippen LogP contribution in [-0.2, 0) is 0 Å². The predicted octanol–water partition coefficient (Wildman–Crippen LogP) is -1.99. The van der Waals surface area contributed by atoms with E-state index in [0.29, 0.717) is 0 Å². The molecule has 5 aromatic rings. The van der Waals surface area contributed by atoms with E-state index in [9.17, 15) is 0 Å². The third kappa shape index (κ3) is 4.96. The molecule has 154 valence electrons. The monoisotopic (exact) mass is 429 g/mol. The highest BCUT2D eigenvalue weighted by Gasteiger charge is 2.14. The van der Waals surface area contributed by atoms with Gasteiger partial charge in [0, 0.05) is 0 Å². The minimum atomic E-state index is -4.94.